The van der Waals surface area contributed by atoms with E-state index in [0.29, 0.717) is 0 Å². The molecule has 0 N–H and O–H groups in total. The number of hydrogen-bond donors (Lipinski definition) is 0. The molecular formula is C54H33NO2S. The van der Waals surface area contributed by atoms with Crippen LogP contribution in [0.2, 0.25) is 0 Å². The Hall–Kier alpha value is -7.40. The lowest BCUT2D eigenvalue weighted by atomic mass is 9.99. The van der Waals surface area contributed by atoms with Gasteiger partial charge >= 0.3 is 0 Å². The minimum atomic E-state index is 0.891. The Kier molecular flexibility index (Phi) is 7.40. The molecule has 0 saturated heterocycles. The third-order valence-electron chi connectivity index (χ3n) is 11.5. The Balaban J connectivity index is 0.952. The van der Waals surface area contributed by atoms with E-state index in [0.717, 1.165) is 94.3 Å². The van der Waals surface area contributed by atoms with Crippen molar-refractivity contribution >= 4 is 92.4 Å². The Bertz CT molecular complexity index is 3500. The van der Waals surface area contributed by atoms with E-state index in [4.69, 9.17) is 8.83 Å². The summed E-state index contributed by atoms with van der Waals surface area (Å²) in [6.45, 7) is 0. The average Bonchev–Trinajstić information content (AvgIpc) is 3.98. The van der Waals surface area contributed by atoms with Crippen LogP contribution < -0.4 is 4.90 Å². The van der Waals surface area contributed by atoms with Crippen molar-refractivity contribution < 1.29 is 8.83 Å². The van der Waals surface area contributed by atoms with Crippen molar-refractivity contribution in [3.05, 3.63) is 200 Å². The molecular weight excluding hydrogens is 727 g/mol. The molecule has 0 aliphatic rings. The topological polar surface area (TPSA) is 29.5 Å². The van der Waals surface area contributed by atoms with E-state index in [-0.39, 0.29) is 0 Å². The fourth-order valence-electron chi connectivity index (χ4n) is 8.73. The van der Waals surface area contributed by atoms with Gasteiger partial charge in [-0.1, -0.05) is 133 Å². The van der Waals surface area contributed by atoms with E-state index in [9.17, 15) is 0 Å². The zero-order valence-corrected chi connectivity index (χ0v) is 32.0. The van der Waals surface area contributed by atoms with Crippen LogP contribution in [0.1, 0.15) is 0 Å². The highest BCUT2D eigenvalue weighted by Gasteiger charge is 2.18. The van der Waals surface area contributed by atoms with Crippen LogP contribution in [0, 0.1) is 0 Å². The summed E-state index contributed by atoms with van der Waals surface area (Å²) >= 11 is 1.84. The van der Waals surface area contributed by atoms with Crippen molar-refractivity contribution in [1.29, 1.82) is 0 Å². The fourth-order valence-corrected chi connectivity index (χ4v) is 9.87. The first kappa shape index (κ1) is 32.8. The van der Waals surface area contributed by atoms with Gasteiger partial charge in [0, 0.05) is 64.3 Å². The van der Waals surface area contributed by atoms with Crippen LogP contribution in [0.4, 0.5) is 17.1 Å². The number of hydrogen-bond acceptors (Lipinski definition) is 4. The molecule has 0 fully saturated rings. The van der Waals surface area contributed by atoms with Crippen LogP contribution in [-0.4, -0.2) is 0 Å². The van der Waals surface area contributed by atoms with Crippen molar-refractivity contribution in [2.24, 2.45) is 0 Å². The van der Waals surface area contributed by atoms with Gasteiger partial charge < -0.3 is 13.7 Å². The van der Waals surface area contributed by atoms with Crippen molar-refractivity contribution in [2.45, 2.75) is 0 Å². The molecule has 4 heteroatoms. The highest BCUT2D eigenvalue weighted by atomic mass is 32.1. The maximum Gasteiger partial charge on any atom is 0.143 e. The molecule has 0 radical (unpaired) electrons. The summed E-state index contributed by atoms with van der Waals surface area (Å²) in [6, 6.07) is 71.5. The summed E-state index contributed by atoms with van der Waals surface area (Å²) in [4.78, 5) is 2.36. The quantitative estimate of drug-likeness (QED) is 0.169. The molecule has 12 rings (SSSR count). The second-order valence-electron chi connectivity index (χ2n) is 14.8. The van der Waals surface area contributed by atoms with Gasteiger partial charge in [-0.05, 0) is 94.5 Å². The molecule has 0 atom stereocenters. The molecule has 272 valence electrons. The van der Waals surface area contributed by atoms with Gasteiger partial charge in [0.25, 0.3) is 0 Å². The first-order valence-electron chi connectivity index (χ1n) is 19.6. The van der Waals surface area contributed by atoms with E-state index in [1.54, 1.807) is 0 Å². The normalized spacial score (nSPS) is 11.8. The molecule has 0 amide bonds. The van der Waals surface area contributed by atoms with Gasteiger partial charge in [-0.3, -0.25) is 0 Å². The number of fused-ring (bicyclic) bond motifs is 9. The highest BCUT2D eigenvalue weighted by molar-refractivity contribution is 7.25. The lowest BCUT2D eigenvalue weighted by Gasteiger charge is -2.26. The van der Waals surface area contributed by atoms with E-state index in [2.05, 4.69) is 187 Å². The van der Waals surface area contributed by atoms with Crippen LogP contribution in [-0.2, 0) is 0 Å². The summed E-state index contributed by atoms with van der Waals surface area (Å²) < 4.78 is 15.3. The zero-order valence-electron chi connectivity index (χ0n) is 31.2. The van der Waals surface area contributed by atoms with Gasteiger partial charge in [-0.15, -0.1) is 11.3 Å². The van der Waals surface area contributed by atoms with Gasteiger partial charge in [0.1, 0.15) is 22.3 Å². The average molecular weight is 760 g/mol. The molecule has 12 aromatic rings. The van der Waals surface area contributed by atoms with Crippen molar-refractivity contribution in [3.63, 3.8) is 0 Å². The van der Waals surface area contributed by atoms with E-state index < -0.39 is 0 Å². The lowest BCUT2D eigenvalue weighted by molar-refractivity contribution is 0.669. The van der Waals surface area contributed by atoms with Crippen molar-refractivity contribution in [1.82, 2.24) is 0 Å². The molecule has 0 unspecified atom stereocenters. The van der Waals surface area contributed by atoms with Crippen molar-refractivity contribution in [3.8, 4) is 33.4 Å². The van der Waals surface area contributed by atoms with Gasteiger partial charge in [0.05, 0.1) is 0 Å². The lowest BCUT2D eigenvalue weighted by Crippen LogP contribution is -2.09. The fraction of sp³-hybridized carbons (Fsp3) is 0. The van der Waals surface area contributed by atoms with Gasteiger partial charge in [-0.2, -0.15) is 0 Å². The largest absolute Gasteiger partial charge is 0.456 e. The van der Waals surface area contributed by atoms with Crippen LogP contribution >= 0.6 is 11.3 Å². The third kappa shape index (κ3) is 5.27. The number of thiophene rings is 1. The molecule has 0 saturated carbocycles. The summed E-state index contributed by atoms with van der Waals surface area (Å²) in [7, 11) is 0. The minimum Gasteiger partial charge on any atom is -0.456 e. The molecule has 0 spiro atoms. The van der Waals surface area contributed by atoms with E-state index in [1.165, 1.54) is 20.2 Å². The summed E-state index contributed by atoms with van der Waals surface area (Å²) in [6.07, 6.45) is 0. The SMILES string of the molecule is c1ccc(-c2cccc3c2oc2ccc(-c4ccc(N(c5ccc(-c6cccc7oc8ccccc8c67)cc5)c5ccc6c(c5)sc5ccccc56)cc4)cc23)cc1. The number of benzene rings is 9. The van der Waals surface area contributed by atoms with Gasteiger partial charge in [0.2, 0.25) is 0 Å². The first-order valence-corrected chi connectivity index (χ1v) is 20.4. The Morgan fingerprint density at radius 3 is 1.78 bits per heavy atom. The Labute approximate surface area is 338 Å². The summed E-state index contributed by atoms with van der Waals surface area (Å²) in [5.41, 5.74) is 13.8. The maximum absolute atomic E-state index is 6.49. The molecule has 3 nitrogen and oxygen atoms in total. The predicted molar refractivity (Wildman–Crippen MR) is 245 cm³/mol. The van der Waals surface area contributed by atoms with E-state index >= 15 is 0 Å². The first-order chi connectivity index (χ1) is 28.7. The predicted octanol–water partition coefficient (Wildman–Crippen LogP) is 16.3. The Morgan fingerprint density at radius 2 is 0.931 bits per heavy atom. The number of furan rings is 2. The number of para-hydroxylation sites is 2. The zero-order chi connectivity index (χ0) is 38.2. The Morgan fingerprint density at radius 1 is 0.328 bits per heavy atom. The van der Waals surface area contributed by atoms with Crippen LogP contribution in [0.15, 0.2) is 209 Å². The second kappa shape index (κ2) is 13.1. The van der Waals surface area contributed by atoms with Gasteiger partial charge in [0.15, 0.2) is 0 Å². The second-order valence-corrected chi connectivity index (χ2v) is 15.9. The molecule has 0 bridgehead atoms. The molecule has 58 heavy (non-hydrogen) atoms. The standard InChI is InChI=1S/C54H33NO2S/c1-2-10-35(11-3-1)42-15-8-16-45-47-32-37(24-31-49(47)57-54(42)45)34-20-25-38(26-21-34)55(40-29-30-44-43-12-5-7-19-51(43)58-52(44)33-40)39-27-22-36(23-28-39)41-14-9-18-50-53(41)46-13-4-6-17-48(46)56-50/h1-33H. The van der Waals surface area contributed by atoms with Gasteiger partial charge in [-0.25, -0.2) is 0 Å². The van der Waals surface area contributed by atoms with Crippen molar-refractivity contribution in [2.75, 3.05) is 4.90 Å². The summed E-state index contributed by atoms with van der Waals surface area (Å²) in [5.74, 6) is 0. The number of nitrogens with zero attached hydrogens (tertiary/aromatic N) is 1. The molecule has 0 aliphatic heterocycles. The number of anilines is 3. The third-order valence-corrected chi connectivity index (χ3v) is 12.6. The monoisotopic (exact) mass is 759 g/mol. The molecule has 3 heterocycles. The minimum absolute atomic E-state index is 0.891. The van der Waals surface area contributed by atoms with Crippen LogP contribution in [0.5, 0.6) is 0 Å². The van der Waals surface area contributed by atoms with E-state index in [1.807, 2.05) is 29.5 Å². The maximum atomic E-state index is 6.49. The number of rotatable bonds is 6. The highest BCUT2D eigenvalue weighted by Crippen LogP contribution is 2.43. The molecule has 3 aromatic heterocycles. The molecule has 9 aromatic carbocycles. The van der Waals surface area contributed by atoms with Crippen LogP contribution in [0.3, 0.4) is 0 Å². The van der Waals surface area contributed by atoms with Crippen LogP contribution in [0.25, 0.3) is 97.4 Å². The molecule has 0 aliphatic carbocycles. The smallest absolute Gasteiger partial charge is 0.143 e. The summed E-state index contributed by atoms with van der Waals surface area (Å²) in [5, 5.41) is 7.10.